The predicted molar refractivity (Wildman–Crippen MR) is 108 cm³/mol. The van der Waals surface area contributed by atoms with Gasteiger partial charge in [-0.3, -0.25) is 5.32 Å². The van der Waals surface area contributed by atoms with Gasteiger partial charge in [0, 0.05) is 26.2 Å². The molecule has 1 saturated heterocycles. The number of hydrogen-bond donors (Lipinski definition) is 1. The lowest BCUT2D eigenvalue weighted by Crippen LogP contribution is -2.50. The van der Waals surface area contributed by atoms with Crippen molar-refractivity contribution < 1.29 is 9.53 Å². The van der Waals surface area contributed by atoms with Gasteiger partial charge in [-0.05, 0) is 42.6 Å². The molecule has 0 spiro atoms. The molecule has 1 aliphatic heterocycles. The Kier molecular flexibility index (Phi) is 4.94. The maximum Gasteiger partial charge on any atom is 0.322 e. The van der Waals surface area contributed by atoms with Gasteiger partial charge in [0.05, 0.1) is 21.8 Å². The number of carbonyl (C=O) groups excluding carboxylic acids is 1. The molecule has 1 N–H and O–H groups in total. The average Bonchev–Trinajstić information content (AvgIpc) is 3.31. The zero-order chi connectivity index (χ0) is 17.9. The second kappa shape index (κ2) is 7.51. The minimum Gasteiger partial charge on any atom is -0.494 e. The first-order valence-corrected chi connectivity index (χ1v) is 10.3. The summed E-state index contributed by atoms with van der Waals surface area (Å²) in [6.07, 6.45) is 0. The monoisotopic (exact) mass is 388 g/mol. The molecule has 2 amide bonds. The number of aromatic nitrogens is 1. The number of thiophene rings is 1. The average molecular weight is 389 g/mol. The highest BCUT2D eigenvalue weighted by Crippen LogP contribution is 2.32. The molecule has 4 rings (SSSR count). The van der Waals surface area contributed by atoms with Crippen molar-refractivity contribution in [1.29, 1.82) is 0 Å². The van der Waals surface area contributed by atoms with E-state index in [1.165, 1.54) is 11.3 Å². The van der Waals surface area contributed by atoms with Crippen molar-refractivity contribution in [1.82, 2.24) is 9.88 Å². The van der Waals surface area contributed by atoms with Gasteiger partial charge in [0.1, 0.15) is 5.75 Å². The minimum atomic E-state index is -0.0299. The Labute approximate surface area is 160 Å². The topological polar surface area (TPSA) is 57.7 Å². The van der Waals surface area contributed by atoms with Crippen LogP contribution in [0, 0.1) is 0 Å². The number of piperazine rings is 1. The Morgan fingerprint density at radius 3 is 2.85 bits per heavy atom. The van der Waals surface area contributed by atoms with Crippen LogP contribution in [0.1, 0.15) is 6.92 Å². The van der Waals surface area contributed by atoms with Crippen LogP contribution < -0.4 is 15.0 Å². The van der Waals surface area contributed by atoms with E-state index in [-0.39, 0.29) is 6.03 Å². The lowest BCUT2D eigenvalue weighted by atomic mass is 10.3. The summed E-state index contributed by atoms with van der Waals surface area (Å²) >= 11 is 3.21. The van der Waals surface area contributed by atoms with E-state index in [0.29, 0.717) is 19.7 Å². The highest BCUT2D eigenvalue weighted by atomic mass is 32.1. The van der Waals surface area contributed by atoms with Gasteiger partial charge < -0.3 is 14.5 Å². The molecule has 6 nitrogen and oxygen atoms in total. The lowest BCUT2D eigenvalue weighted by Gasteiger charge is -2.34. The molecule has 0 saturated carbocycles. The predicted octanol–water partition coefficient (Wildman–Crippen LogP) is 4.11. The van der Waals surface area contributed by atoms with Crippen molar-refractivity contribution in [2.24, 2.45) is 0 Å². The fourth-order valence-corrected chi connectivity index (χ4v) is 4.57. The second-order valence-corrected chi connectivity index (χ2v) is 7.90. The van der Waals surface area contributed by atoms with Crippen LogP contribution >= 0.6 is 22.7 Å². The van der Waals surface area contributed by atoms with Crippen LogP contribution in [0.25, 0.3) is 10.2 Å². The number of thiazole rings is 1. The maximum atomic E-state index is 12.3. The number of urea groups is 1. The number of benzene rings is 1. The number of hydrogen-bond acceptors (Lipinski definition) is 6. The Hall–Kier alpha value is -2.32. The van der Waals surface area contributed by atoms with Crippen molar-refractivity contribution in [2.45, 2.75) is 6.92 Å². The van der Waals surface area contributed by atoms with E-state index in [4.69, 9.17) is 9.72 Å². The third-order valence-electron chi connectivity index (χ3n) is 4.25. The van der Waals surface area contributed by atoms with Crippen LogP contribution in [0.15, 0.2) is 35.7 Å². The number of fused-ring (bicyclic) bond motifs is 1. The summed E-state index contributed by atoms with van der Waals surface area (Å²) in [6, 6.07) is 9.83. The molecule has 2 aromatic heterocycles. The van der Waals surface area contributed by atoms with E-state index in [2.05, 4.69) is 10.2 Å². The Balaban J connectivity index is 1.39. The zero-order valence-electron chi connectivity index (χ0n) is 14.5. The van der Waals surface area contributed by atoms with Crippen LogP contribution in [0.5, 0.6) is 5.75 Å². The molecule has 26 heavy (non-hydrogen) atoms. The van der Waals surface area contributed by atoms with Crippen LogP contribution in [0.3, 0.4) is 0 Å². The number of nitrogens with one attached hydrogen (secondary N) is 1. The fraction of sp³-hybridized carbons (Fsp3) is 0.333. The third-order valence-corrected chi connectivity index (χ3v) is 6.11. The second-order valence-electron chi connectivity index (χ2n) is 5.94. The van der Waals surface area contributed by atoms with Gasteiger partial charge in [0.15, 0.2) is 5.13 Å². The summed E-state index contributed by atoms with van der Waals surface area (Å²) in [6.45, 7) is 5.60. The summed E-state index contributed by atoms with van der Waals surface area (Å²) in [7, 11) is 0. The number of nitrogens with zero attached hydrogens (tertiary/aromatic N) is 3. The molecule has 0 aliphatic carbocycles. The minimum absolute atomic E-state index is 0.0299. The smallest absolute Gasteiger partial charge is 0.322 e. The Morgan fingerprint density at radius 1 is 1.27 bits per heavy atom. The number of rotatable bonds is 4. The molecule has 0 radical (unpaired) electrons. The summed E-state index contributed by atoms with van der Waals surface area (Å²) in [5, 5.41) is 6.79. The largest absolute Gasteiger partial charge is 0.494 e. The lowest BCUT2D eigenvalue weighted by molar-refractivity contribution is 0.208. The SMILES string of the molecule is CCOc1ccc2nc(N3CCN(C(=O)Nc4cccs4)CC3)sc2c1. The Bertz CT molecular complexity index is 886. The highest BCUT2D eigenvalue weighted by molar-refractivity contribution is 7.22. The molecule has 8 heteroatoms. The number of carbonyl (C=O) groups is 1. The zero-order valence-corrected chi connectivity index (χ0v) is 16.1. The van der Waals surface area contributed by atoms with Gasteiger partial charge in [-0.25, -0.2) is 9.78 Å². The number of anilines is 2. The molecule has 136 valence electrons. The van der Waals surface area contributed by atoms with Crippen molar-refractivity contribution >= 4 is 49.1 Å². The first-order valence-electron chi connectivity index (χ1n) is 8.60. The first-order chi connectivity index (χ1) is 12.7. The van der Waals surface area contributed by atoms with Crippen molar-refractivity contribution in [3.05, 3.63) is 35.7 Å². The first kappa shape index (κ1) is 17.1. The standard InChI is InChI=1S/C18H20N4O2S2/c1-2-24-13-5-6-14-15(12-13)26-18(19-14)22-9-7-21(8-10-22)17(23)20-16-4-3-11-25-16/h3-6,11-12H,2,7-10H2,1H3,(H,20,23). The van der Waals surface area contributed by atoms with Crippen molar-refractivity contribution in [2.75, 3.05) is 43.0 Å². The molecular weight excluding hydrogens is 368 g/mol. The van der Waals surface area contributed by atoms with Gasteiger partial charge in [-0.1, -0.05) is 11.3 Å². The highest BCUT2D eigenvalue weighted by Gasteiger charge is 2.23. The van der Waals surface area contributed by atoms with E-state index in [0.717, 1.165) is 39.2 Å². The van der Waals surface area contributed by atoms with Crippen molar-refractivity contribution in [3.8, 4) is 5.75 Å². The third kappa shape index (κ3) is 3.61. The van der Waals surface area contributed by atoms with Crippen LogP contribution in [0.2, 0.25) is 0 Å². The van der Waals surface area contributed by atoms with Gasteiger partial charge in [0.25, 0.3) is 0 Å². The summed E-state index contributed by atoms with van der Waals surface area (Å²) in [5.41, 5.74) is 0.992. The van der Waals surface area contributed by atoms with Gasteiger partial charge >= 0.3 is 6.03 Å². The van der Waals surface area contributed by atoms with E-state index in [1.54, 1.807) is 11.3 Å². The van der Waals surface area contributed by atoms with Crippen LogP contribution in [-0.2, 0) is 0 Å². The van der Waals surface area contributed by atoms with Crippen molar-refractivity contribution in [3.63, 3.8) is 0 Å². The maximum absolute atomic E-state index is 12.3. The van der Waals surface area contributed by atoms with Gasteiger partial charge in [0.2, 0.25) is 0 Å². The molecule has 3 heterocycles. The molecule has 1 aromatic carbocycles. The normalized spacial score (nSPS) is 14.7. The fourth-order valence-electron chi connectivity index (χ4n) is 2.92. The molecule has 3 aromatic rings. The molecule has 0 bridgehead atoms. The number of amides is 2. The van der Waals surface area contributed by atoms with E-state index in [9.17, 15) is 4.79 Å². The van der Waals surface area contributed by atoms with Gasteiger partial charge in [-0.15, -0.1) is 11.3 Å². The van der Waals surface area contributed by atoms with E-state index >= 15 is 0 Å². The van der Waals surface area contributed by atoms with Gasteiger partial charge in [-0.2, -0.15) is 0 Å². The molecule has 1 fully saturated rings. The quantitative estimate of drug-likeness (QED) is 0.731. The number of ether oxygens (including phenoxy) is 1. The van der Waals surface area contributed by atoms with E-state index in [1.807, 2.05) is 47.5 Å². The van der Waals surface area contributed by atoms with Crippen LogP contribution in [-0.4, -0.2) is 48.7 Å². The molecule has 0 unspecified atom stereocenters. The summed E-state index contributed by atoms with van der Waals surface area (Å²) < 4.78 is 6.70. The summed E-state index contributed by atoms with van der Waals surface area (Å²) in [4.78, 5) is 21.2. The molecule has 1 aliphatic rings. The van der Waals surface area contributed by atoms with E-state index < -0.39 is 0 Å². The van der Waals surface area contributed by atoms with Crippen LogP contribution in [0.4, 0.5) is 14.9 Å². The molecule has 0 atom stereocenters. The molecular formula is C18H20N4O2S2. The summed E-state index contributed by atoms with van der Waals surface area (Å²) in [5.74, 6) is 0.880. The Morgan fingerprint density at radius 2 is 2.12 bits per heavy atom.